The summed E-state index contributed by atoms with van der Waals surface area (Å²) in [6.45, 7) is 0. The second-order valence-electron chi connectivity index (χ2n) is 5.34. The van der Waals surface area contributed by atoms with Crippen molar-refractivity contribution in [1.82, 2.24) is 10.2 Å². The molecule has 3 rings (SSSR count). The third-order valence-electron chi connectivity index (χ3n) is 3.47. The zero-order valence-corrected chi connectivity index (χ0v) is 14.6. The molecule has 0 aliphatic rings. The van der Waals surface area contributed by atoms with Crippen LogP contribution in [0.3, 0.4) is 0 Å². The maximum Gasteiger partial charge on any atom is 0.416 e. The van der Waals surface area contributed by atoms with Crippen molar-refractivity contribution in [1.29, 1.82) is 0 Å². The van der Waals surface area contributed by atoms with Crippen LogP contribution in [0, 0.1) is 11.6 Å². The number of alkyl halides is 3. The number of nitrogens with zero attached hydrogens (tertiary/aromatic N) is 2. The van der Waals surface area contributed by atoms with Crippen LogP contribution in [0.5, 0.6) is 0 Å². The third-order valence-corrected chi connectivity index (χ3v) is 4.65. The fraction of sp³-hybridized carbons (Fsp3) is 0.125. The quantitative estimate of drug-likeness (QED) is 0.560. The molecule has 0 aliphatic heterocycles. The van der Waals surface area contributed by atoms with Gasteiger partial charge in [0.2, 0.25) is 5.13 Å². The van der Waals surface area contributed by atoms with Gasteiger partial charge in [-0.15, -0.1) is 10.2 Å². The Labute approximate surface area is 158 Å². The highest BCUT2D eigenvalue weighted by atomic mass is 35.5. The van der Waals surface area contributed by atoms with Gasteiger partial charge in [0.25, 0.3) is 0 Å². The predicted octanol–water partition coefficient (Wildman–Crippen LogP) is 5.31. The van der Waals surface area contributed by atoms with E-state index in [0.29, 0.717) is 18.2 Å². The van der Waals surface area contributed by atoms with Gasteiger partial charge in [-0.2, -0.15) is 13.2 Å². The maximum atomic E-state index is 13.8. The van der Waals surface area contributed by atoms with Crippen LogP contribution in [-0.2, 0) is 6.18 Å². The Morgan fingerprint density at radius 3 is 2.41 bits per heavy atom. The zero-order chi connectivity index (χ0) is 19.8. The molecule has 1 heterocycles. The van der Waals surface area contributed by atoms with E-state index >= 15 is 0 Å². The molecule has 0 saturated carbocycles. The van der Waals surface area contributed by atoms with Gasteiger partial charge >= 0.3 is 6.18 Å². The van der Waals surface area contributed by atoms with E-state index in [1.807, 2.05) is 0 Å². The lowest BCUT2D eigenvalue weighted by Crippen LogP contribution is -2.06. The minimum Gasteiger partial charge on any atom is -0.381 e. The summed E-state index contributed by atoms with van der Waals surface area (Å²) in [6.07, 6.45) is -5.92. The van der Waals surface area contributed by atoms with E-state index in [-0.39, 0.29) is 20.7 Å². The van der Waals surface area contributed by atoms with Crippen LogP contribution < -0.4 is 5.32 Å². The molecule has 4 nitrogen and oxygen atoms in total. The highest BCUT2D eigenvalue weighted by molar-refractivity contribution is 7.15. The molecule has 27 heavy (non-hydrogen) atoms. The van der Waals surface area contributed by atoms with Gasteiger partial charge in [-0.1, -0.05) is 29.0 Å². The number of anilines is 2. The van der Waals surface area contributed by atoms with Crippen LogP contribution >= 0.6 is 22.9 Å². The monoisotopic (exact) mass is 421 g/mol. The summed E-state index contributed by atoms with van der Waals surface area (Å²) in [6, 6.07) is 5.48. The number of benzene rings is 2. The SMILES string of the molecule is OC(c1ccc(F)c(Cl)c1)c1nnc(Nc2cc(C(F)(F)F)ccc2F)s1. The van der Waals surface area contributed by atoms with Gasteiger partial charge in [-0.05, 0) is 35.9 Å². The number of aromatic nitrogens is 2. The minimum absolute atomic E-state index is 0.0320. The van der Waals surface area contributed by atoms with Crippen LogP contribution in [-0.4, -0.2) is 15.3 Å². The Balaban J connectivity index is 1.83. The number of hydrogen-bond acceptors (Lipinski definition) is 5. The topological polar surface area (TPSA) is 58.0 Å². The molecule has 142 valence electrons. The van der Waals surface area contributed by atoms with Crippen molar-refractivity contribution in [3.8, 4) is 0 Å². The summed E-state index contributed by atoms with van der Waals surface area (Å²) in [7, 11) is 0. The number of hydrogen-bond donors (Lipinski definition) is 2. The van der Waals surface area contributed by atoms with Gasteiger partial charge in [-0.25, -0.2) is 8.78 Å². The summed E-state index contributed by atoms with van der Waals surface area (Å²) >= 11 is 6.46. The average molecular weight is 422 g/mol. The van der Waals surface area contributed by atoms with Crippen LogP contribution in [0.25, 0.3) is 0 Å². The molecular weight excluding hydrogens is 413 g/mol. The van der Waals surface area contributed by atoms with Crippen molar-refractivity contribution in [3.05, 3.63) is 69.2 Å². The average Bonchev–Trinajstić information content (AvgIpc) is 3.06. The molecule has 1 atom stereocenters. The Kier molecular flexibility index (Phi) is 5.31. The second-order valence-corrected chi connectivity index (χ2v) is 6.76. The number of rotatable bonds is 4. The molecular formula is C16H9ClF5N3OS. The lowest BCUT2D eigenvalue weighted by molar-refractivity contribution is -0.137. The lowest BCUT2D eigenvalue weighted by Gasteiger charge is -2.10. The first-order chi connectivity index (χ1) is 12.6. The van der Waals surface area contributed by atoms with Crippen LogP contribution in [0.15, 0.2) is 36.4 Å². The molecule has 0 spiro atoms. The standard InChI is InChI=1S/C16H9ClF5N3OS/c17-9-5-7(1-3-10(9)18)13(26)14-24-25-15(27-14)23-12-6-8(16(20,21)22)2-4-11(12)19/h1-6,13,26H,(H,23,25). The Bertz CT molecular complexity index is 979. The molecule has 1 aromatic heterocycles. The van der Waals surface area contributed by atoms with Crippen molar-refractivity contribution in [2.24, 2.45) is 0 Å². The molecule has 11 heteroatoms. The highest BCUT2D eigenvalue weighted by Crippen LogP contribution is 2.34. The third kappa shape index (κ3) is 4.34. The first-order valence-corrected chi connectivity index (χ1v) is 8.45. The van der Waals surface area contributed by atoms with Crippen molar-refractivity contribution in [2.75, 3.05) is 5.32 Å². The second kappa shape index (κ2) is 7.37. The van der Waals surface area contributed by atoms with Crippen molar-refractivity contribution < 1.29 is 27.1 Å². The summed E-state index contributed by atoms with van der Waals surface area (Å²) in [5.41, 5.74) is -1.22. The van der Waals surface area contributed by atoms with E-state index in [1.165, 1.54) is 12.1 Å². The maximum absolute atomic E-state index is 13.8. The van der Waals surface area contributed by atoms with Crippen molar-refractivity contribution in [3.63, 3.8) is 0 Å². The smallest absolute Gasteiger partial charge is 0.381 e. The summed E-state index contributed by atoms with van der Waals surface area (Å²) in [5.74, 6) is -1.57. The first-order valence-electron chi connectivity index (χ1n) is 7.25. The Hall–Kier alpha value is -2.30. The van der Waals surface area contributed by atoms with E-state index in [0.717, 1.165) is 17.4 Å². The fourth-order valence-electron chi connectivity index (χ4n) is 2.13. The Morgan fingerprint density at radius 2 is 1.74 bits per heavy atom. The van der Waals surface area contributed by atoms with Crippen LogP contribution in [0.4, 0.5) is 32.8 Å². The molecule has 1 unspecified atom stereocenters. The van der Waals surface area contributed by atoms with E-state index in [2.05, 4.69) is 15.5 Å². The number of nitrogens with one attached hydrogen (secondary N) is 1. The van der Waals surface area contributed by atoms with Crippen LogP contribution in [0.2, 0.25) is 5.02 Å². The molecule has 0 radical (unpaired) electrons. The van der Waals surface area contributed by atoms with Gasteiger partial charge in [0.15, 0.2) is 5.01 Å². The number of aliphatic hydroxyl groups is 1. The van der Waals surface area contributed by atoms with Gasteiger partial charge in [0.05, 0.1) is 16.3 Å². The lowest BCUT2D eigenvalue weighted by atomic mass is 10.1. The molecule has 2 aromatic carbocycles. The predicted molar refractivity (Wildman–Crippen MR) is 90.1 cm³/mol. The molecule has 0 saturated heterocycles. The molecule has 2 N–H and O–H groups in total. The summed E-state index contributed by atoms with van der Waals surface area (Å²) in [5, 5.41) is 19.9. The van der Waals surface area contributed by atoms with Gasteiger partial charge in [-0.3, -0.25) is 0 Å². The largest absolute Gasteiger partial charge is 0.416 e. The Morgan fingerprint density at radius 1 is 1.04 bits per heavy atom. The van der Waals surface area contributed by atoms with E-state index in [4.69, 9.17) is 11.6 Å². The molecule has 3 aromatic rings. The highest BCUT2D eigenvalue weighted by Gasteiger charge is 2.31. The zero-order valence-electron chi connectivity index (χ0n) is 13.1. The van der Waals surface area contributed by atoms with Gasteiger partial charge in [0, 0.05) is 0 Å². The van der Waals surface area contributed by atoms with E-state index in [9.17, 15) is 27.1 Å². The van der Waals surface area contributed by atoms with Crippen molar-refractivity contribution in [2.45, 2.75) is 12.3 Å². The van der Waals surface area contributed by atoms with E-state index in [1.54, 1.807) is 0 Å². The molecule has 0 aliphatic carbocycles. The molecule has 0 amide bonds. The summed E-state index contributed by atoms with van der Waals surface area (Å²) < 4.78 is 65.2. The summed E-state index contributed by atoms with van der Waals surface area (Å²) in [4.78, 5) is 0. The molecule has 0 fully saturated rings. The van der Waals surface area contributed by atoms with Gasteiger partial charge in [0.1, 0.15) is 17.7 Å². The number of aliphatic hydroxyl groups excluding tert-OH is 1. The fourth-order valence-corrected chi connectivity index (χ4v) is 3.09. The van der Waals surface area contributed by atoms with Crippen molar-refractivity contribution >= 4 is 33.8 Å². The minimum atomic E-state index is -4.63. The van der Waals surface area contributed by atoms with Gasteiger partial charge < -0.3 is 10.4 Å². The first kappa shape index (κ1) is 19.5. The van der Waals surface area contributed by atoms with E-state index < -0.39 is 35.2 Å². The van der Waals surface area contributed by atoms with Crippen LogP contribution in [0.1, 0.15) is 22.2 Å². The normalized spacial score (nSPS) is 12.9. The number of halogens is 6. The molecule has 0 bridgehead atoms.